The minimum absolute atomic E-state index is 0.0536. The molecule has 2 rings (SSSR count). The first-order valence-electron chi connectivity index (χ1n) is 6.16. The molecule has 1 atom stereocenters. The first kappa shape index (κ1) is 14.6. The van der Waals surface area contributed by atoms with Gasteiger partial charge in [0.05, 0.1) is 11.0 Å². The number of halogens is 1. The van der Waals surface area contributed by atoms with E-state index in [0.29, 0.717) is 5.69 Å². The Morgan fingerprint density at radius 2 is 2.05 bits per heavy atom. The molecule has 1 aromatic carbocycles. The molecule has 0 radical (unpaired) electrons. The summed E-state index contributed by atoms with van der Waals surface area (Å²) in [6.45, 7) is 5.71. The Balaban J connectivity index is 2.32. The molecule has 1 unspecified atom stereocenters. The van der Waals surface area contributed by atoms with Gasteiger partial charge in [-0.1, -0.05) is 15.9 Å². The molecule has 6 heteroatoms. The van der Waals surface area contributed by atoms with Crippen molar-refractivity contribution in [1.82, 2.24) is 0 Å². The predicted molar refractivity (Wildman–Crippen MR) is 81.0 cm³/mol. The number of hydrogen-bond acceptors (Lipinski definition) is 4. The summed E-state index contributed by atoms with van der Waals surface area (Å²) in [4.78, 5) is 10.7. The molecule has 0 aliphatic heterocycles. The lowest BCUT2D eigenvalue weighted by Gasteiger charge is -2.15. The highest BCUT2D eigenvalue weighted by Crippen LogP contribution is 2.32. The van der Waals surface area contributed by atoms with Gasteiger partial charge < -0.3 is 9.73 Å². The van der Waals surface area contributed by atoms with Gasteiger partial charge in [-0.05, 0) is 39.0 Å². The zero-order valence-electron chi connectivity index (χ0n) is 11.4. The van der Waals surface area contributed by atoms with Gasteiger partial charge in [0.1, 0.15) is 17.2 Å². The van der Waals surface area contributed by atoms with Crippen LogP contribution in [0, 0.1) is 24.0 Å². The monoisotopic (exact) mass is 338 g/mol. The third kappa shape index (κ3) is 3.01. The zero-order valence-corrected chi connectivity index (χ0v) is 13.0. The second-order valence-electron chi connectivity index (χ2n) is 4.65. The van der Waals surface area contributed by atoms with Gasteiger partial charge in [0.15, 0.2) is 0 Å². The van der Waals surface area contributed by atoms with Crippen molar-refractivity contribution >= 4 is 27.3 Å². The van der Waals surface area contributed by atoms with Gasteiger partial charge in [0.2, 0.25) is 0 Å². The van der Waals surface area contributed by atoms with Crippen LogP contribution in [0.3, 0.4) is 0 Å². The number of hydrogen-bond donors (Lipinski definition) is 1. The average molecular weight is 339 g/mol. The minimum Gasteiger partial charge on any atom is -0.466 e. The molecule has 106 valence electrons. The first-order valence-corrected chi connectivity index (χ1v) is 6.95. The highest BCUT2D eigenvalue weighted by molar-refractivity contribution is 9.10. The largest absolute Gasteiger partial charge is 0.466 e. The Morgan fingerprint density at radius 1 is 1.35 bits per heavy atom. The topological polar surface area (TPSA) is 68.3 Å². The van der Waals surface area contributed by atoms with E-state index in [9.17, 15) is 10.1 Å². The van der Waals surface area contributed by atoms with Gasteiger partial charge in [0.25, 0.3) is 5.69 Å². The predicted octanol–water partition coefficient (Wildman–Crippen LogP) is 4.74. The van der Waals surface area contributed by atoms with Crippen molar-refractivity contribution in [1.29, 1.82) is 0 Å². The fraction of sp³-hybridized carbons (Fsp3) is 0.286. The molecule has 0 saturated heterocycles. The maximum absolute atomic E-state index is 11.1. The van der Waals surface area contributed by atoms with Crippen molar-refractivity contribution in [3.63, 3.8) is 0 Å². The standard InChI is InChI=1S/C14H15BrN2O3/c1-8-6-12(10(3)20-8)9(2)16-13-7-11(15)4-5-14(13)17(18)19/h4-7,9,16H,1-3H3. The summed E-state index contributed by atoms with van der Waals surface area (Å²) in [6.07, 6.45) is 0. The van der Waals surface area contributed by atoms with Gasteiger partial charge in [0, 0.05) is 16.1 Å². The first-order chi connectivity index (χ1) is 9.38. The molecule has 0 amide bonds. The van der Waals surface area contributed by atoms with Gasteiger partial charge in [-0.2, -0.15) is 0 Å². The van der Waals surface area contributed by atoms with Crippen molar-refractivity contribution in [2.45, 2.75) is 26.8 Å². The highest BCUT2D eigenvalue weighted by Gasteiger charge is 2.18. The van der Waals surface area contributed by atoms with Crippen LogP contribution in [0.2, 0.25) is 0 Å². The van der Waals surface area contributed by atoms with Crippen LogP contribution in [0.25, 0.3) is 0 Å². The molecule has 20 heavy (non-hydrogen) atoms. The summed E-state index contributed by atoms with van der Waals surface area (Å²) in [5, 5.41) is 14.2. The molecule has 5 nitrogen and oxygen atoms in total. The van der Waals surface area contributed by atoms with E-state index >= 15 is 0 Å². The Labute approximate surface area is 125 Å². The SMILES string of the molecule is Cc1cc(C(C)Nc2cc(Br)ccc2[N+](=O)[O-])c(C)o1. The van der Waals surface area contributed by atoms with Crippen molar-refractivity contribution in [2.24, 2.45) is 0 Å². The summed E-state index contributed by atoms with van der Waals surface area (Å²) in [5.74, 6) is 1.65. The second kappa shape index (κ2) is 5.66. The third-order valence-corrected chi connectivity index (χ3v) is 3.57. The van der Waals surface area contributed by atoms with Crippen LogP contribution in [-0.4, -0.2) is 4.92 Å². The lowest BCUT2D eigenvalue weighted by Crippen LogP contribution is -2.08. The highest BCUT2D eigenvalue weighted by atomic mass is 79.9. The van der Waals surface area contributed by atoms with Crippen LogP contribution >= 0.6 is 15.9 Å². The Kier molecular flexibility index (Phi) is 4.13. The quantitative estimate of drug-likeness (QED) is 0.645. The minimum atomic E-state index is -0.394. The van der Waals surface area contributed by atoms with Gasteiger partial charge >= 0.3 is 0 Å². The molecular weight excluding hydrogens is 324 g/mol. The smallest absolute Gasteiger partial charge is 0.292 e. The van der Waals surface area contributed by atoms with E-state index in [1.165, 1.54) is 6.07 Å². The number of nitrogens with one attached hydrogen (secondary N) is 1. The molecule has 1 heterocycles. The van der Waals surface area contributed by atoms with Crippen LogP contribution in [0.1, 0.15) is 30.0 Å². The number of nitrogens with zero attached hydrogens (tertiary/aromatic N) is 1. The second-order valence-corrected chi connectivity index (χ2v) is 5.57. The average Bonchev–Trinajstić information content (AvgIpc) is 2.68. The normalized spacial score (nSPS) is 12.2. The number of aryl methyl sites for hydroxylation is 2. The van der Waals surface area contributed by atoms with E-state index in [0.717, 1.165) is 21.6 Å². The molecule has 0 saturated carbocycles. The maximum atomic E-state index is 11.1. The number of benzene rings is 1. The third-order valence-electron chi connectivity index (χ3n) is 3.07. The number of rotatable bonds is 4. The number of nitro groups is 1. The molecule has 0 bridgehead atoms. The summed E-state index contributed by atoms with van der Waals surface area (Å²) >= 11 is 3.33. The van der Waals surface area contributed by atoms with Gasteiger partial charge in [-0.25, -0.2) is 0 Å². The van der Waals surface area contributed by atoms with E-state index in [-0.39, 0.29) is 11.7 Å². The van der Waals surface area contributed by atoms with Crippen LogP contribution < -0.4 is 5.32 Å². The van der Waals surface area contributed by atoms with Gasteiger partial charge in [-0.3, -0.25) is 10.1 Å². The summed E-state index contributed by atoms with van der Waals surface area (Å²) in [7, 11) is 0. The van der Waals surface area contributed by atoms with Crippen molar-refractivity contribution < 1.29 is 9.34 Å². The van der Waals surface area contributed by atoms with E-state index in [1.54, 1.807) is 12.1 Å². The Bertz CT molecular complexity index is 652. The molecule has 0 aliphatic carbocycles. The molecule has 0 aliphatic rings. The molecule has 1 N–H and O–H groups in total. The van der Waals surface area contributed by atoms with E-state index in [1.807, 2.05) is 26.8 Å². The molecule has 2 aromatic rings. The van der Waals surface area contributed by atoms with Crippen molar-refractivity contribution in [2.75, 3.05) is 5.32 Å². The zero-order chi connectivity index (χ0) is 14.9. The van der Waals surface area contributed by atoms with E-state index < -0.39 is 4.92 Å². The fourth-order valence-electron chi connectivity index (χ4n) is 2.17. The fourth-order valence-corrected chi connectivity index (χ4v) is 2.54. The number of furan rings is 1. The van der Waals surface area contributed by atoms with Crippen molar-refractivity contribution in [3.8, 4) is 0 Å². The van der Waals surface area contributed by atoms with Crippen LogP contribution in [0.15, 0.2) is 33.2 Å². The Hall–Kier alpha value is -1.82. The van der Waals surface area contributed by atoms with Gasteiger partial charge in [-0.15, -0.1) is 0 Å². The number of nitro benzene ring substituents is 1. The maximum Gasteiger partial charge on any atom is 0.292 e. The van der Waals surface area contributed by atoms with Crippen LogP contribution in [-0.2, 0) is 0 Å². The summed E-state index contributed by atoms with van der Waals surface area (Å²) < 4.78 is 6.28. The van der Waals surface area contributed by atoms with Crippen LogP contribution in [0.4, 0.5) is 11.4 Å². The Morgan fingerprint density at radius 3 is 2.60 bits per heavy atom. The number of anilines is 1. The van der Waals surface area contributed by atoms with E-state index in [2.05, 4.69) is 21.2 Å². The lowest BCUT2D eigenvalue weighted by atomic mass is 10.1. The molecule has 0 spiro atoms. The molecule has 1 aromatic heterocycles. The van der Waals surface area contributed by atoms with E-state index in [4.69, 9.17) is 4.42 Å². The van der Waals surface area contributed by atoms with Crippen LogP contribution in [0.5, 0.6) is 0 Å². The summed E-state index contributed by atoms with van der Waals surface area (Å²) in [5.41, 5.74) is 1.53. The molecule has 0 fully saturated rings. The molecular formula is C14H15BrN2O3. The lowest BCUT2D eigenvalue weighted by molar-refractivity contribution is -0.384. The van der Waals surface area contributed by atoms with Crippen molar-refractivity contribution in [3.05, 3.63) is 55.9 Å². The summed E-state index contributed by atoms with van der Waals surface area (Å²) in [6, 6.07) is 6.70.